The standard InChI is InChI=1S/C37H43N3/c1-4-27-19-14-20-28(5-2)35(27)37-38-36(32-23-22-29-15-10-11-18-31(29)25-32)34(40(37)6-3)26-39-24-13-12-21-33(39)30-16-8-7-9-17-30/h7-11,14-20,22-23,25,33-34,36H,4-6,12-13,21,24,26H2,1-3H3. The zero-order valence-electron chi connectivity index (χ0n) is 24.4. The first-order valence-electron chi connectivity index (χ1n) is 15.4. The van der Waals surface area contributed by atoms with Crippen molar-refractivity contribution in [1.82, 2.24) is 9.80 Å². The molecule has 0 aliphatic carbocycles. The number of piperidine rings is 1. The predicted molar refractivity (Wildman–Crippen MR) is 169 cm³/mol. The number of hydrogen-bond donors (Lipinski definition) is 0. The largest absolute Gasteiger partial charge is 0.350 e. The van der Waals surface area contributed by atoms with Crippen molar-refractivity contribution in [2.24, 2.45) is 4.99 Å². The third-order valence-electron chi connectivity index (χ3n) is 9.20. The normalized spacial score (nSPS) is 21.6. The molecule has 0 aromatic heterocycles. The fourth-order valence-electron chi connectivity index (χ4n) is 7.13. The smallest absolute Gasteiger partial charge is 0.132 e. The molecule has 6 rings (SSSR count). The van der Waals surface area contributed by atoms with Gasteiger partial charge in [0.15, 0.2) is 0 Å². The molecule has 0 N–H and O–H groups in total. The van der Waals surface area contributed by atoms with Crippen LogP contribution in [0.4, 0.5) is 0 Å². The van der Waals surface area contributed by atoms with E-state index < -0.39 is 0 Å². The quantitative estimate of drug-likeness (QED) is 0.228. The summed E-state index contributed by atoms with van der Waals surface area (Å²) >= 11 is 0. The topological polar surface area (TPSA) is 18.8 Å². The van der Waals surface area contributed by atoms with E-state index in [2.05, 4.69) is 122 Å². The summed E-state index contributed by atoms with van der Waals surface area (Å²) in [5.41, 5.74) is 6.98. The number of aryl methyl sites for hydroxylation is 2. The van der Waals surface area contributed by atoms with Gasteiger partial charge >= 0.3 is 0 Å². The Labute approximate surface area is 240 Å². The molecular weight excluding hydrogens is 486 g/mol. The van der Waals surface area contributed by atoms with Crippen LogP contribution in [0.25, 0.3) is 10.8 Å². The monoisotopic (exact) mass is 529 g/mol. The molecule has 3 heteroatoms. The Kier molecular flexibility index (Phi) is 8.02. The number of hydrogen-bond acceptors (Lipinski definition) is 3. The molecule has 40 heavy (non-hydrogen) atoms. The first-order valence-corrected chi connectivity index (χ1v) is 15.4. The Bertz CT molecular complexity index is 1450. The average molecular weight is 530 g/mol. The molecule has 4 aromatic rings. The molecular formula is C37H43N3. The first kappa shape index (κ1) is 26.8. The molecule has 3 nitrogen and oxygen atoms in total. The van der Waals surface area contributed by atoms with Gasteiger partial charge in [0, 0.05) is 24.7 Å². The van der Waals surface area contributed by atoms with Crippen LogP contribution in [-0.2, 0) is 12.8 Å². The van der Waals surface area contributed by atoms with E-state index >= 15 is 0 Å². The molecule has 3 atom stereocenters. The molecule has 2 aliphatic rings. The van der Waals surface area contributed by atoms with E-state index in [9.17, 15) is 0 Å². The van der Waals surface area contributed by atoms with Crippen molar-refractivity contribution in [3.05, 3.63) is 119 Å². The fraction of sp³-hybridized carbons (Fsp3) is 0.378. The maximum Gasteiger partial charge on any atom is 0.132 e. The van der Waals surface area contributed by atoms with E-state index in [-0.39, 0.29) is 6.04 Å². The van der Waals surface area contributed by atoms with Crippen LogP contribution in [0.1, 0.15) is 79.9 Å². The second-order valence-corrected chi connectivity index (χ2v) is 11.4. The lowest BCUT2D eigenvalue weighted by Crippen LogP contribution is -2.48. The Morgan fingerprint density at radius 2 is 1.45 bits per heavy atom. The van der Waals surface area contributed by atoms with Crippen molar-refractivity contribution in [2.75, 3.05) is 19.6 Å². The summed E-state index contributed by atoms with van der Waals surface area (Å²) in [7, 11) is 0. The maximum absolute atomic E-state index is 5.67. The van der Waals surface area contributed by atoms with Crippen LogP contribution in [-0.4, -0.2) is 41.3 Å². The molecule has 2 aliphatic heterocycles. The van der Waals surface area contributed by atoms with Gasteiger partial charge in [0.25, 0.3) is 0 Å². The van der Waals surface area contributed by atoms with Crippen LogP contribution in [0.5, 0.6) is 0 Å². The van der Waals surface area contributed by atoms with Crippen molar-refractivity contribution >= 4 is 16.6 Å². The second kappa shape index (κ2) is 12.0. The molecule has 0 saturated carbocycles. The van der Waals surface area contributed by atoms with Crippen LogP contribution >= 0.6 is 0 Å². The Balaban J connectivity index is 1.45. The molecule has 3 unspecified atom stereocenters. The van der Waals surface area contributed by atoms with Gasteiger partial charge in [-0.3, -0.25) is 9.89 Å². The minimum Gasteiger partial charge on any atom is -0.350 e. The highest BCUT2D eigenvalue weighted by Crippen LogP contribution is 2.39. The van der Waals surface area contributed by atoms with E-state index in [0.29, 0.717) is 12.1 Å². The molecule has 1 fully saturated rings. The Morgan fingerprint density at radius 3 is 2.17 bits per heavy atom. The fourth-order valence-corrected chi connectivity index (χ4v) is 7.13. The summed E-state index contributed by atoms with van der Waals surface area (Å²) in [6.07, 6.45) is 5.85. The minimum atomic E-state index is 0.104. The Hall–Kier alpha value is -3.43. The average Bonchev–Trinajstić information content (AvgIpc) is 3.38. The second-order valence-electron chi connectivity index (χ2n) is 11.4. The summed E-state index contributed by atoms with van der Waals surface area (Å²) in [6.45, 7) is 10.0. The van der Waals surface area contributed by atoms with Crippen molar-refractivity contribution < 1.29 is 0 Å². The zero-order chi connectivity index (χ0) is 27.5. The van der Waals surface area contributed by atoms with E-state index in [0.717, 1.165) is 32.5 Å². The predicted octanol–water partition coefficient (Wildman–Crippen LogP) is 8.38. The lowest BCUT2D eigenvalue weighted by atomic mass is 9.92. The molecule has 0 radical (unpaired) electrons. The Morgan fingerprint density at radius 1 is 0.725 bits per heavy atom. The maximum atomic E-state index is 5.67. The summed E-state index contributed by atoms with van der Waals surface area (Å²) in [5, 5.41) is 2.59. The molecule has 206 valence electrons. The van der Waals surface area contributed by atoms with E-state index in [1.165, 1.54) is 63.7 Å². The van der Waals surface area contributed by atoms with Gasteiger partial charge in [0.1, 0.15) is 5.84 Å². The summed E-state index contributed by atoms with van der Waals surface area (Å²) < 4.78 is 0. The number of likely N-dealkylation sites (N-methyl/N-ethyl adjacent to an activating group) is 1. The van der Waals surface area contributed by atoms with Gasteiger partial charge in [0.2, 0.25) is 0 Å². The molecule has 0 amide bonds. The van der Waals surface area contributed by atoms with Gasteiger partial charge in [-0.2, -0.15) is 0 Å². The van der Waals surface area contributed by atoms with Gasteiger partial charge in [-0.05, 0) is 78.2 Å². The van der Waals surface area contributed by atoms with Gasteiger partial charge in [-0.25, -0.2) is 0 Å². The molecule has 1 saturated heterocycles. The molecule has 4 aromatic carbocycles. The van der Waals surface area contributed by atoms with E-state index in [1.807, 2.05) is 0 Å². The highest BCUT2D eigenvalue weighted by atomic mass is 15.3. The van der Waals surface area contributed by atoms with Crippen LogP contribution in [0.3, 0.4) is 0 Å². The van der Waals surface area contributed by atoms with Gasteiger partial charge in [-0.1, -0.05) is 105 Å². The summed E-state index contributed by atoms with van der Waals surface area (Å²) in [5.74, 6) is 1.20. The van der Waals surface area contributed by atoms with Crippen molar-refractivity contribution in [3.63, 3.8) is 0 Å². The number of amidine groups is 1. The number of aliphatic imine (C=N–C) groups is 1. The lowest BCUT2D eigenvalue weighted by Gasteiger charge is -2.41. The van der Waals surface area contributed by atoms with Gasteiger partial charge in [-0.15, -0.1) is 0 Å². The zero-order valence-corrected chi connectivity index (χ0v) is 24.4. The van der Waals surface area contributed by atoms with E-state index in [1.54, 1.807) is 0 Å². The van der Waals surface area contributed by atoms with Crippen molar-refractivity contribution in [3.8, 4) is 0 Å². The SMILES string of the molecule is CCc1cccc(CC)c1C1=NC(c2ccc3ccccc3c2)C(CN2CCCCC2c2ccccc2)N1CC. The third-order valence-corrected chi connectivity index (χ3v) is 9.20. The summed E-state index contributed by atoms with van der Waals surface area (Å²) in [4.78, 5) is 11.1. The minimum absolute atomic E-state index is 0.104. The number of benzene rings is 4. The highest BCUT2D eigenvalue weighted by molar-refractivity contribution is 6.03. The van der Waals surface area contributed by atoms with Crippen LogP contribution in [0, 0.1) is 0 Å². The lowest BCUT2D eigenvalue weighted by molar-refractivity contribution is 0.110. The van der Waals surface area contributed by atoms with Crippen LogP contribution in [0.15, 0.2) is 96.0 Å². The van der Waals surface area contributed by atoms with Crippen LogP contribution < -0.4 is 0 Å². The third kappa shape index (κ3) is 5.08. The molecule has 0 spiro atoms. The van der Waals surface area contributed by atoms with Gasteiger partial charge in [0.05, 0.1) is 12.1 Å². The van der Waals surface area contributed by atoms with Crippen LogP contribution in [0.2, 0.25) is 0 Å². The van der Waals surface area contributed by atoms with Crippen molar-refractivity contribution in [2.45, 2.75) is 71.0 Å². The molecule has 2 heterocycles. The number of fused-ring (bicyclic) bond motifs is 1. The first-order chi connectivity index (χ1) is 19.7. The van der Waals surface area contributed by atoms with E-state index in [4.69, 9.17) is 4.99 Å². The number of rotatable bonds is 8. The van der Waals surface area contributed by atoms with Gasteiger partial charge < -0.3 is 4.90 Å². The summed E-state index contributed by atoms with van der Waals surface area (Å²) in [6, 6.07) is 34.6. The number of nitrogens with zero attached hydrogens (tertiary/aromatic N) is 3. The molecule has 0 bridgehead atoms. The van der Waals surface area contributed by atoms with Crippen molar-refractivity contribution in [1.29, 1.82) is 0 Å². The highest BCUT2D eigenvalue weighted by Gasteiger charge is 2.40. The number of likely N-dealkylation sites (tertiary alicyclic amines) is 1.